The molecule has 0 aromatic heterocycles. The van der Waals surface area contributed by atoms with E-state index in [0.29, 0.717) is 13.2 Å². The van der Waals surface area contributed by atoms with Crippen LogP contribution in [0.5, 0.6) is 11.5 Å². The second-order valence-corrected chi connectivity index (χ2v) is 4.95. The molecule has 0 saturated carbocycles. The third-order valence-electron chi connectivity index (χ3n) is 3.75. The number of ether oxygens (including phenoxy) is 2. The average molecular weight is 269 g/mol. The molecule has 2 aromatic carbocycles. The molecular weight excluding hydrogens is 250 g/mol. The molecule has 3 rings (SSSR count). The van der Waals surface area contributed by atoms with Gasteiger partial charge in [0.1, 0.15) is 11.5 Å². The van der Waals surface area contributed by atoms with Crippen LogP contribution in [0.1, 0.15) is 30.0 Å². The van der Waals surface area contributed by atoms with Crippen LogP contribution in [0.2, 0.25) is 0 Å². The summed E-state index contributed by atoms with van der Waals surface area (Å²) in [6.07, 6.45) is 0. The van der Waals surface area contributed by atoms with Gasteiger partial charge in [-0.05, 0) is 19.1 Å². The zero-order valence-electron chi connectivity index (χ0n) is 11.6. The van der Waals surface area contributed by atoms with Crippen LogP contribution in [0, 0.1) is 0 Å². The first-order valence-electron chi connectivity index (χ1n) is 7.00. The highest BCUT2D eigenvalue weighted by atomic mass is 16.5. The van der Waals surface area contributed by atoms with Crippen molar-refractivity contribution in [3.63, 3.8) is 0 Å². The summed E-state index contributed by atoms with van der Waals surface area (Å²) < 4.78 is 11.4. The Kier molecular flexibility index (Phi) is 3.61. The molecule has 2 atom stereocenters. The SMILES string of the molecule is CCOc1ccccc1C(N)C1COc2ccccc21. The Hall–Kier alpha value is -2.00. The van der Waals surface area contributed by atoms with Gasteiger partial charge in [-0.15, -0.1) is 0 Å². The molecule has 0 fully saturated rings. The van der Waals surface area contributed by atoms with E-state index in [1.54, 1.807) is 0 Å². The summed E-state index contributed by atoms with van der Waals surface area (Å²) in [6, 6.07) is 16.0. The molecule has 2 aromatic rings. The van der Waals surface area contributed by atoms with Crippen LogP contribution in [0.3, 0.4) is 0 Å². The van der Waals surface area contributed by atoms with Gasteiger partial charge in [-0.3, -0.25) is 0 Å². The first kappa shape index (κ1) is 13.0. The lowest BCUT2D eigenvalue weighted by Crippen LogP contribution is -2.21. The van der Waals surface area contributed by atoms with E-state index in [9.17, 15) is 0 Å². The summed E-state index contributed by atoms with van der Waals surface area (Å²) in [5.41, 5.74) is 8.71. The summed E-state index contributed by atoms with van der Waals surface area (Å²) >= 11 is 0. The molecule has 0 aliphatic carbocycles. The molecule has 1 aliphatic heterocycles. The van der Waals surface area contributed by atoms with Crippen LogP contribution in [-0.4, -0.2) is 13.2 Å². The summed E-state index contributed by atoms with van der Waals surface area (Å²) in [5.74, 6) is 1.99. The molecule has 2 unspecified atom stereocenters. The minimum atomic E-state index is -0.124. The first-order chi connectivity index (χ1) is 9.81. The van der Waals surface area contributed by atoms with Crippen molar-refractivity contribution in [2.75, 3.05) is 13.2 Å². The maximum atomic E-state index is 6.49. The van der Waals surface area contributed by atoms with Gasteiger partial charge in [0.2, 0.25) is 0 Å². The summed E-state index contributed by atoms with van der Waals surface area (Å²) in [6.45, 7) is 3.25. The van der Waals surface area contributed by atoms with Crippen molar-refractivity contribution in [3.8, 4) is 11.5 Å². The number of hydrogen-bond donors (Lipinski definition) is 1. The molecule has 0 bridgehead atoms. The molecule has 104 valence electrons. The molecular formula is C17H19NO2. The number of hydrogen-bond acceptors (Lipinski definition) is 3. The second kappa shape index (κ2) is 5.55. The molecule has 3 heteroatoms. The fraction of sp³-hybridized carbons (Fsp3) is 0.294. The van der Waals surface area contributed by atoms with E-state index >= 15 is 0 Å². The lowest BCUT2D eigenvalue weighted by molar-refractivity contribution is 0.306. The summed E-state index contributed by atoms with van der Waals surface area (Å²) in [4.78, 5) is 0. The van der Waals surface area contributed by atoms with Crippen LogP contribution in [0.25, 0.3) is 0 Å². The number of fused-ring (bicyclic) bond motifs is 1. The van der Waals surface area contributed by atoms with Gasteiger partial charge < -0.3 is 15.2 Å². The Morgan fingerprint density at radius 2 is 1.95 bits per heavy atom. The highest BCUT2D eigenvalue weighted by molar-refractivity contribution is 5.44. The van der Waals surface area contributed by atoms with Gasteiger partial charge in [-0.2, -0.15) is 0 Å². The van der Waals surface area contributed by atoms with Crippen molar-refractivity contribution in [2.24, 2.45) is 5.73 Å². The van der Waals surface area contributed by atoms with Crippen LogP contribution < -0.4 is 15.2 Å². The van der Waals surface area contributed by atoms with E-state index in [2.05, 4.69) is 6.07 Å². The Morgan fingerprint density at radius 1 is 1.20 bits per heavy atom. The third-order valence-corrected chi connectivity index (χ3v) is 3.75. The van der Waals surface area contributed by atoms with Gasteiger partial charge in [0.15, 0.2) is 0 Å². The first-order valence-corrected chi connectivity index (χ1v) is 7.00. The average Bonchev–Trinajstić information content (AvgIpc) is 2.91. The smallest absolute Gasteiger partial charge is 0.124 e. The van der Waals surface area contributed by atoms with Crippen LogP contribution >= 0.6 is 0 Å². The van der Waals surface area contributed by atoms with E-state index in [1.165, 1.54) is 5.56 Å². The Labute approximate surface area is 119 Å². The molecule has 1 heterocycles. The molecule has 20 heavy (non-hydrogen) atoms. The lowest BCUT2D eigenvalue weighted by Gasteiger charge is -2.21. The fourth-order valence-corrected chi connectivity index (χ4v) is 2.74. The molecule has 2 N–H and O–H groups in total. The van der Waals surface area contributed by atoms with Crippen LogP contribution in [0.4, 0.5) is 0 Å². The number of rotatable bonds is 4. The normalized spacial score (nSPS) is 18.2. The number of benzene rings is 2. The van der Waals surface area contributed by atoms with Gasteiger partial charge >= 0.3 is 0 Å². The number of para-hydroxylation sites is 2. The van der Waals surface area contributed by atoms with Gasteiger partial charge in [0.25, 0.3) is 0 Å². The topological polar surface area (TPSA) is 44.5 Å². The molecule has 0 spiro atoms. The standard InChI is InChI=1S/C17H19NO2/c1-2-19-16-10-6-4-8-13(16)17(18)14-11-20-15-9-5-3-7-12(14)15/h3-10,14,17H,2,11,18H2,1H3. The van der Waals surface area contributed by atoms with Gasteiger partial charge in [-0.1, -0.05) is 36.4 Å². The highest BCUT2D eigenvalue weighted by Gasteiger charge is 2.31. The van der Waals surface area contributed by atoms with Crippen LogP contribution in [0.15, 0.2) is 48.5 Å². The van der Waals surface area contributed by atoms with Gasteiger partial charge in [0, 0.05) is 23.1 Å². The quantitative estimate of drug-likeness (QED) is 0.926. The molecule has 0 amide bonds. The molecule has 0 saturated heterocycles. The van der Waals surface area contributed by atoms with Crippen molar-refractivity contribution in [2.45, 2.75) is 18.9 Å². The van der Waals surface area contributed by atoms with E-state index in [-0.39, 0.29) is 12.0 Å². The van der Waals surface area contributed by atoms with Crippen molar-refractivity contribution >= 4 is 0 Å². The van der Waals surface area contributed by atoms with E-state index in [1.807, 2.05) is 49.4 Å². The van der Waals surface area contributed by atoms with Gasteiger partial charge in [-0.25, -0.2) is 0 Å². The van der Waals surface area contributed by atoms with Gasteiger partial charge in [0.05, 0.1) is 13.2 Å². The Balaban J connectivity index is 1.92. The summed E-state index contributed by atoms with van der Waals surface area (Å²) in [7, 11) is 0. The summed E-state index contributed by atoms with van der Waals surface area (Å²) in [5, 5.41) is 0. The Morgan fingerprint density at radius 3 is 2.80 bits per heavy atom. The third kappa shape index (κ3) is 2.25. The molecule has 3 nitrogen and oxygen atoms in total. The minimum absolute atomic E-state index is 0.124. The van der Waals surface area contributed by atoms with Crippen molar-refractivity contribution < 1.29 is 9.47 Å². The van der Waals surface area contributed by atoms with Crippen molar-refractivity contribution in [1.29, 1.82) is 0 Å². The second-order valence-electron chi connectivity index (χ2n) is 4.95. The monoisotopic (exact) mass is 269 g/mol. The van der Waals surface area contributed by atoms with Crippen molar-refractivity contribution in [3.05, 3.63) is 59.7 Å². The maximum absolute atomic E-state index is 6.49. The zero-order chi connectivity index (χ0) is 13.9. The minimum Gasteiger partial charge on any atom is -0.494 e. The fourth-order valence-electron chi connectivity index (χ4n) is 2.74. The maximum Gasteiger partial charge on any atom is 0.124 e. The molecule has 0 radical (unpaired) electrons. The lowest BCUT2D eigenvalue weighted by atomic mass is 9.89. The zero-order valence-corrected chi connectivity index (χ0v) is 11.6. The van der Waals surface area contributed by atoms with E-state index in [0.717, 1.165) is 17.1 Å². The van der Waals surface area contributed by atoms with E-state index < -0.39 is 0 Å². The largest absolute Gasteiger partial charge is 0.494 e. The Bertz CT molecular complexity index is 597. The van der Waals surface area contributed by atoms with Crippen molar-refractivity contribution in [1.82, 2.24) is 0 Å². The molecule has 1 aliphatic rings. The number of nitrogens with two attached hydrogens (primary N) is 1. The highest BCUT2D eigenvalue weighted by Crippen LogP contribution is 2.41. The predicted molar refractivity (Wildman–Crippen MR) is 79.2 cm³/mol. The van der Waals surface area contributed by atoms with Crippen LogP contribution in [-0.2, 0) is 0 Å². The van der Waals surface area contributed by atoms with E-state index in [4.69, 9.17) is 15.2 Å². The predicted octanol–water partition coefficient (Wildman–Crippen LogP) is 3.26.